The minimum atomic E-state index is -0.0938. The molecule has 3 N–H and O–H groups in total. The van der Waals surface area contributed by atoms with Gasteiger partial charge in [-0.25, -0.2) is 0 Å². The molecular weight excluding hydrogens is 262 g/mol. The van der Waals surface area contributed by atoms with E-state index in [9.17, 15) is 9.59 Å². The zero-order valence-electron chi connectivity index (χ0n) is 9.95. The first-order valence-corrected chi connectivity index (χ1v) is 6.75. The molecule has 0 aromatic rings. The molecule has 100 valence electrons. The van der Waals surface area contributed by atoms with E-state index in [1.165, 1.54) is 0 Å². The van der Waals surface area contributed by atoms with Crippen LogP contribution < -0.4 is 16.0 Å². The Morgan fingerprint density at radius 1 is 1.35 bits per heavy atom. The lowest BCUT2D eigenvalue weighted by Gasteiger charge is -2.10. The first kappa shape index (κ1) is 16.5. The van der Waals surface area contributed by atoms with Crippen molar-refractivity contribution < 1.29 is 9.59 Å². The van der Waals surface area contributed by atoms with Crippen LogP contribution in [0.1, 0.15) is 19.8 Å². The Balaban J connectivity index is 0.00000256. The van der Waals surface area contributed by atoms with Crippen molar-refractivity contribution in [3.8, 4) is 0 Å². The third-order valence-corrected chi connectivity index (χ3v) is 3.20. The van der Waals surface area contributed by atoms with E-state index < -0.39 is 0 Å². The number of hydrogen-bond donors (Lipinski definition) is 3. The smallest absolute Gasteiger partial charge is 0.238 e. The highest BCUT2D eigenvalue weighted by Gasteiger charge is 2.21. The number of hydrogen-bond acceptors (Lipinski definition) is 4. The standard InChI is InChI=1S/C10H19N3O2S.ClH/c1-2-4-11-9(14)3-5-12-10(15)8-6-16-7-13-8;/h8,13H,2-7H2,1H3,(H,11,14)(H,12,15);1H. The van der Waals surface area contributed by atoms with Crippen molar-refractivity contribution >= 4 is 36.0 Å². The summed E-state index contributed by atoms with van der Waals surface area (Å²) in [7, 11) is 0. The molecule has 0 aromatic carbocycles. The van der Waals surface area contributed by atoms with E-state index in [1.54, 1.807) is 11.8 Å². The molecule has 1 saturated heterocycles. The van der Waals surface area contributed by atoms with Gasteiger partial charge in [0.1, 0.15) is 0 Å². The predicted molar refractivity (Wildman–Crippen MR) is 72.4 cm³/mol. The van der Waals surface area contributed by atoms with Crippen molar-refractivity contribution in [2.75, 3.05) is 24.7 Å². The fraction of sp³-hybridized carbons (Fsp3) is 0.800. The van der Waals surface area contributed by atoms with Crippen LogP contribution >= 0.6 is 24.2 Å². The minimum absolute atomic E-state index is 0. The average Bonchev–Trinajstić information content (AvgIpc) is 2.79. The quantitative estimate of drug-likeness (QED) is 0.646. The van der Waals surface area contributed by atoms with Crippen LogP contribution in [0.3, 0.4) is 0 Å². The molecule has 0 saturated carbocycles. The van der Waals surface area contributed by atoms with Crippen LogP contribution in [0.25, 0.3) is 0 Å². The van der Waals surface area contributed by atoms with Gasteiger partial charge < -0.3 is 10.6 Å². The topological polar surface area (TPSA) is 70.2 Å². The molecule has 0 aromatic heterocycles. The van der Waals surface area contributed by atoms with Gasteiger partial charge in [0.2, 0.25) is 11.8 Å². The summed E-state index contributed by atoms with van der Waals surface area (Å²) >= 11 is 1.71. The van der Waals surface area contributed by atoms with Crippen LogP contribution in [0.4, 0.5) is 0 Å². The number of thioether (sulfide) groups is 1. The summed E-state index contributed by atoms with van der Waals surface area (Å²) in [4.78, 5) is 22.7. The Labute approximate surface area is 112 Å². The normalized spacial score (nSPS) is 18.3. The van der Waals surface area contributed by atoms with E-state index >= 15 is 0 Å². The van der Waals surface area contributed by atoms with Crippen LogP contribution in [0, 0.1) is 0 Å². The van der Waals surface area contributed by atoms with Gasteiger partial charge >= 0.3 is 0 Å². The summed E-state index contributed by atoms with van der Waals surface area (Å²) in [5.74, 6) is 1.63. The molecule has 1 rings (SSSR count). The highest BCUT2D eigenvalue weighted by Crippen LogP contribution is 2.08. The Morgan fingerprint density at radius 3 is 2.71 bits per heavy atom. The van der Waals surface area contributed by atoms with Gasteiger partial charge in [-0.2, -0.15) is 0 Å². The summed E-state index contributed by atoms with van der Waals surface area (Å²) in [6.07, 6.45) is 1.28. The van der Waals surface area contributed by atoms with Gasteiger partial charge in [-0.15, -0.1) is 24.2 Å². The predicted octanol–water partition coefficient (Wildman–Crippen LogP) is 0.103. The molecule has 1 aliphatic rings. The van der Waals surface area contributed by atoms with Gasteiger partial charge in [-0.1, -0.05) is 6.92 Å². The molecule has 2 amide bonds. The molecule has 1 aliphatic heterocycles. The van der Waals surface area contributed by atoms with Gasteiger partial charge in [-0.3, -0.25) is 14.9 Å². The zero-order valence-corrected chi connectivity index (χ0v) is 11.6. The third-order valence-electron chi connectivity index (χ3n) is 2.26. The summed E-state index contributed by atoms with van der Waals surface area (Å²) in [6, 6.07) is -0.0938. The van der Waals surface area contributed by atoms with Gasteiger partial charge in [0.25, 0.3) is 0 Å². The van der Waals surface area contributed by atoms with E-state index in [1.807, 2.05) is 6.92 Å². The van der Waals surface area contributed by atoms with Crippen molar-refractivity contribution in [3.05, 3.63) is 0 Å². The molecule has 1 atom stereocenters. The Kier molecular flexibility index (Phi) is 9.30. The summed E-state index contributed by atoms with van der Waals surface area (Å²) in [5, 5.41) is 8.60. The van der Waals surface area contributed by atoms with Crippen LogP contribution in [-0.4, -0.2) is 42.6 Å². The maximum absolute atomic E-state index is 11.5. The number of nitrogens with one attached hydrogen (secondary N) is 3. The zero-order chi connectivity index (χ0) is 11.8. The van der Waals surface area contributed by atoms with Crippen LogP contribution in [0.15, 0.2) is 0 Å². The van der Waals surface area contributed by atoms with E-state index in [0.717, 1.165) is 18.1 Å². The number of halogens is 1. The highest BCUT2D eigenvalue weighted by molar-refractivity contribution is 7.99. The first-order valence-electron chi connectivity index (χ1n) is 5.59. The number of amides is 2. The number of rotatable bonds is 6. The van der Waals surface area contributed by atoms with Crippen molar-refractivity contribution in [1.82, 2.24) is 16.0 Å². The molecule has 1 heterocycles. The monoisotopic (exact) mass is 281 g/mol. The van der Waals surface area contributed by atoms with E-state index in [2.05, 4.69) is 16.0 Å². The number of carbonyl (C=O) groups excluding carboxylic acids is 2. The first-order chi connectivity index (χ1) is 7.74. The largest absolute Gasteiger partial charge is 0.356 e. The molecular formula is C10H20ClN3O2S. The Morgan fingerprint density at radius 2 is 2.12 bits per heavy atom. The van der Waals surface area contributed by atoms with Crippen molar-refractivity contribution in [1.29, 1.82) is 0 Å². The van der Waals surface area contributed by atoms with Gasteiger partial charge in [0.05, 0.1) is 6.04 Å². The van der Waals surface area contributed by atoms with Gasteiger partial charge in [-0.05, 0) is 6.42 Å². The van der Waals surface area contributed by atoms with E-state index in [-0.39, 0.29) is 30.3 Å². The van der Waals surface area contributed by atoms with E-state index in [0.29, 0.717) is 19.5 Å². The molecule has 1 fully saturated rings. The SMILES string of the molecule is CCCNC(=O)CCNC(=O)C1CSCN1.Cl. The van der Waals surface area contributed by atoms with Crippen molar-refractivity contribution in [2.45, 2.75) is 25.8 Å². The lowest BCUT2D eigenvalue weighted by molar-refractivity contribution is -0.123. The van der Waals surface area contributed by atoms with Crippen molar-refractivity contribution in [2.24, 2.45) is 0 Å². The molecule has 17 heavy (non-hydrogen) atoms. The van der Waals surface area contributed by atoms with Crippen LogP contribution in [0.2, 0.25) is 0 Å². The second kappa shape index (κ2) is 9.56. The van der Waals surface area contributed by atoms with Gasteiger partial charge in [0, 0.05) is 31.1 Å². The number of carbonyl (C=O) groups is 2. The maximum Gasteiger partial charge on any atom is 0.238 e. The van der Waals surface area contributed by atoms with Crippen molar-refractivity contribution in [3.63, 3.8) is 0 Å². The van der Waals surface area contributed by atoms with Crippen LogP contribution in [0.5, 0.6) is 0 Å². The molecule has 0 bridgehead atoms. The fourth-order valence-electron chi connectivity index (χ4n) is 1.34. The minimum Gasteiger partial charge on any atom is -0.356 e. The second-order valence-electron chi connectivity index (χ2n) is 3.66. The molecule has 7 heteroatoms. The molecule has 0 spiro atoms. The summed E-state index contributed by atoms with van der Waals surface area (Å²) in [5.41, 5.74) is 0. The summed E-state index contributed by atoms with van der Waals surface area (Å²) < 4.78 is 0. The second-order valence-corrected chi connectivity index (χ2v) is 4.69. The molecule has 1 unspecified atom stereocenters. The fourth-order valence-corrected chi connectivity index (χ4v) is 2.28. The molecule has 0 radical (unpaired) electrons. The lowest BCUT2D eigenvalue weighted by atomic mass is 10.3. The third kappa shape index (κ3) is 6.75. The Hall–Kier alpha value is -0.460. The Bertz CT molecular complexity index is 248. The molecule has 0 aliphatic carbocycles. The average molecular weight is 282 g/mol. The summed E-state index contributed by atoms with van der Waals surface area (Å²) in [6.45, 7) is 3.12. The van der Waals surface area contributed by atoms with Gasteiger partial charge in [0.15, 0.2) is 0 Å². The highest BCUT2D eigenvalue weighted by atomic mass is 35.5. The molecule has 5 nitrogen and oxygen atoms in total. The lowest BCUT2D eigenvalue weighted by Crippen LogP contribution is -2.43. The maximum atomic E-state index is 11.5. The van der Waals surface area contributed by atoms with Crippen LogP contribution in [-0.2, 0) is 9.59 Å². The van der Waals surface area contributed by atoms with E-state index in [4.69, 9.17) is 0 Å².